The van der Waals surface area contributed by atoms with Gasteiger partial charge >= 0.3 is 0 Å². The van der Waals surface area contributed by atoms with Gasteiger partial charge in [-0.25, -0.2) is 9.97 Å². The largest absolute Gasteiger partial charge is 0.335 e. The van der Waals surface area contributed by atoms with Gasteiger partial charge in [0.1, 0.15) is 5.69 Å². The first-order chi connectivity index (χ1) is 14.6. The van der Waals surface area contributed by atoms with E-state index < -0.39 is 0 Å². The van der Waals surface area contributed by atoms with E-state index in [4.69, 9.17) is 0 Å². The number of nitrogens with one attached hydrogen (secondary N) is 3. The van der Waals surface area contributed by atoms with E-state index in [0.29, 0.717) is 23.6 Å². The van der Waals surface area contributed by atoms with Crippen molar-refractivity contribution in [3.05, 3.63) is 48.7 Å². The number of H-pyrrole nitrogens is 2. The van der Waals surface area contributed by atoms with Gasteiger partial charge in [0.25, 0.3) is 0 Å². The molecule has 0 unspecified atom stereocenters. The number of hydrogen-bond donors (Lipinski definition) is 3. The van der Waals surface area contributed by atoms with Crippen molar-refractivity contribution in [2.45, 2.75) is 20.3 Å². The minimum atomic E-state index is -0.0595. The molecule has 5 rings (SSSR count). The first-order valence-electron chi connectivity index (χ1n) is 9.53. The number of fused-ring (bicyclic) bond motifs is 2. The summed E-state index contributed by atoms with van der Waals surface area (Å²) in [7, 11) is 0. The van der Waals surface area contributed by atoms with Crippen molar-refractivity contribution in [3.8, 4) is 22.6 Å². The molecule has 9 heteroatoms. The average molecular weight is 398 g/mol. The predicted octanol–water partition coefficient (Wildman–Crippen LogP) is 3.62. The van der Waals surface area contributed by atoms with Gasteiger partial charge in [0.15, 0.2) is 11.5 Å². The van der Waals surface area contributed by atoms with E-state index in [1.54, 1.807) is 31.0 Å². The highest BCUT2D eigenvalue weighted by atomic mass is 16.1. The van der Waals surface area contributed by atoms with E-state index in [2.05, 4.69) is 40.4 Å². The second-order valence-corrected chi connectivity index (χ2v) is 6.94. The van der Waals surface area contributed by atoms with Gasteiger partial charge in [-0.2, -0.15) is 5.10 Å². The van der Waals surface area contributed by atoms with Crippen LogP contribution < -0.4 is 5.32 Å². The Hall–Kier alpha value is -4.14. The monoisotopic (exact) mass is 398 g/mol. The van der Waals surface area contributed by atoms with Crippen LogP contribution in [0, 0.1) is 6.92 Å². The fourth-order valence-electron chi connectivity index (χ4n) is 3.48. The third-order valence-electron chi connectivity index (χ3n) is 5.02. The Bertz CT molecular complexity index is 1370. The number of aromatic amines is 2. The van der Waals surface area contributed by atoms with Crippen LogP contribution in [0.2, 0.25) is 0 Å². The zero-order valence-corrected chi connectivity index (χ0v) is 16.4. The molecule has 30 heavy (non-hydrogen) atoms. The lowest BCUT2D eigenvalue weighted by atomic mass is 10.0. The van der Waals surface area contributed by atoms with Gasteiger partial charge in [0, 0.05) is 36.1 Å². The van der Waals surface area contributed by atoms with Crippen LogP contribution in [0.3, 0.4) is 0 Å². The first kappa shape index (κ1) is 17.9. The molecule has 0 radical (unpaired) electrons. The molecule has 0 spiro atoms. The summed E-state index contributed by atoms with van der Waals surface area (Å²) >= 11 is 0. The molecule has 5 heterocycles. The van der Waals surface area contributed by atoms with Crippen LogP contribution in [-0.4, -0.2) is 41.0 Å². The van der Waals surface area contributed by atoms with E-state index in [1.807, 2.05) is 26.0 Å². The van der Waals surface area contributed by atoms with Gasteiger partial charge in [0.2, 0.25) is 5.91 Å². The fourth-order valence-corrected chi connectivity index (χ4v) is 3.48. The molecule has 0 bridgehead atoms. The Morgan fingerprint density at radius 2 is 2.07 bits per heavy atom. The predicted molar refractivity (Wildman–Crippen MR) is 114 cm³/mol. The number of anilines is 1. The molecule has 9 nitrogen and oxygen atoms in total. The Balaban J connectivity index is 1.63. The number of nitrogens with zero attached hydrogens (tertiary/aromatic N) is 5. The molecule has 3 N–H and O–H groups in total. The Kier molecular flexibility index (Phi) is 4.20. The van der Waals surface area contributed by atoms with Gasteiger partial charge < -0.3 is 10.3 Å². The second-order valence-electron chi connectivity index (χ2n) is 6.94. The van der Waals surface area contributed by atoms with Crippen molar-refractivity contribution in [3.63, 3.8) is 0 Å². The number of imidazole rings is 1. The first-order valence-corrected chi connectivity index (χ1v) is 9.53. The lowest BCUT2D eigenvalue weighted by Crippen LogP contribution is -2.09. The molecule has 0 aliphatic rings. The van der Waals surface area contributed by atoms with Crippen molar-refractivity contribution in [1.29, 1.82) is 0 Å². The number of pyridine rings is 3. The Morgan fingerprint density at radius 1 is 1.17 bits per heavy atom. The van der Waals surface area contributed by atoms with Crippen molar-refractivity contribution in [2.24, 2.45) is 0 Å². The van der Waals surface area contributed by atoms with E-state index in [0.717, 1.165) is 38.8 Å². The molecule has 5 aromatic rings. The average Bonchev–Trinajstić information content (AvgIpc) is 3.38. The summed E-state index contributed by atoms with van der Waals surface area (Å²) in [5, 5.41) is 11.1. The molecule has 0 atom stereocenters. The van der Waals surface area contributed by atoms with Gasteiger partial charge in [-0.3, -0.25) is 19.9 Å². The maximum atomic E-state index is 11.7. The number of carbonyl (C=O) groups excluding carboxylic acids is 1. The maximum Gasteiger partial charge on any atom is 0.224 e. The number of aromatic nitrogens is 7. The fraction of sp³-hybridized carbons (Fsp3) is 0.143. The Labute approximate surface area is 171 Å². The van der Waals surface area contributed by atoms with Crippen molar-refractivity contribution in [1.82, 2.24) is 35.1 Å². The number of rotatable bonds is 4. The molecule has 0 fully saturated rings. The van der Waals surface area contributed by atoms with E-state index in [9.17, 15) is 4.79 Å². The molecule has 5 aromatic heterocycles. The number of hydrogen-bond acceptors (Lipinski definition) is 6. The lowest BCUT2D eigenvalue weighted by molar-refractivity contribution is -0.115. The van der Waals surface area contributed by atoms with Crippen LogP contribution in [0.5, 0.6) is 0 Å². The molecule has 0 saturated carbocycles. The van der Waals surface area contributed by atoms with E-state index in [1.165, 1.54) is 0 Å². The van der Waals surface area contributed by atoms with Crippen LogP contribution in [0.25, 0.3) is 44.7 Å². The van der Waals surface area contributed by atoms with Crippen LogP contribution in [-0.2, 0) is 4.79 Å². The van der Waals surface area contributed by atoms with E-state index in [-0.39, 0.29) is 5.91 Å². The number of amides is 1. The highest BCUT2D eigenvalue weighted by Crippen LogP contribution is 2.33. The van der Waals surface area contributed by atoms with Crippen LogP contribution >= 0.6 is 0 Å². The normalized spacial score (nSPS) is 11.3. The molecule has 148 valence electrons. The molecule has 1 amide bonds. The Morgan fingerprint density at radius 3 is 2.90 bits per heavy atom. The lowest BCUT2D eigenvalue weighted by Gasteiger charge is -2.09. The zero-order valence-electron chi connectivity index (χ0n) is 16.4. The number of carbonyl (C=O) groups is 1. The zero-order chi connectivity index (χ0) is 20.7. The summed E-state index contributed by atoms with van der Waals surface area (Å²) in [5.41, 5.74) is 6.44. The molecular weight excluding hydrogens is 380 g/mol. The molecular formula is C21H18N8O. The van der Waals surface area contributed by atoms with Crippen LogP contribution in [0.4, 0.5) is 5.69 Å². The summed E-state index contributed by atoms with van der Waals surface area (Å²) < 4.78 is 0. The maximum absolute atomic E-state index is 11.7. The summed E-state index contributed by atoms with van der Waals surface area (Å²) in [6.45, 7) is 3.82. The smallest absolute Gasteiger partial charge is 0.224 e. The van der Waals surface area contributed by atoms with Crippen molar-refractivity contribution >= 4 is 33.7 Å². The van der Waals surface area contributed by atoms with Gasteiger partial charge in [0.05, 0.1) is 34.5 Å². The standard InChI is InChI=1S/C21H18N8O/c1-3-17(30)25-13-6-12(7-23-8-13)14-9-24-20-18(11(14)2)19(28-29-20)21-26-15-4-5-22-10-16(15)27-21/h4-10H,3H2,1-2H3,(H,25,30)(H,26,27)(H,24,28,29). The number of aryl methyl sites for hydroxylation is 1. The van der Waals surface area contributed by atoms with Crippen LogP contribution in [0.1, 0.15) is 18.9 Å². The molecule has 0 aromatic carbocycles. The van der Waals surface area contributed by atoms with Gasteiger partial charge in [-0.1, -0.05) is 6.92 Å². The van der Waals surface area contributed by atoms with Crippen LogP contribution in [0.15, 0.2) is 43.1 Å². The van der Waals surface area contributed by atoms with Gasteiger partial charge in [-0.15, -0.1) is 0 Å². The van der Waals surface area contributed by atoms with Gasteiger partial charge in [-0.05, 0) is 24.6 Å². The third-order valence-corrected chi connectivity index (χ3v) is 5.02. The molecule has 0 aliphatic carbocycles. The quantitative estimate of drug-likeness (QED) is 0.425. The van der Waals surface area contributed by atoms with Crippen molar-refractivity contribution in [2.75, 3.05) is 5.32 Å². The van der Waals surface area contributed by atoms with Crippen molar-refractivity contribution < 1.29 is 4.79 Å². The van der Waals surface area contributed by atoms with E-state index >= 15 is 0 Å². The SMILES string of the molecule is CCC(=O)Nc1cncc(-c2cnc3n[nH]c(-c4nc5ccncc5[nH]4)c3c2C)c1. The third kappa shape index (κ3) is 2.96. The summed E-state index contributed by atoms with van der Waals surface area (Å²) in [5.74, 6) is 0.611. The summed E-state index contributed by atoms with van der Waals surface area (Å²) in [6.07, 6.45) is 9.01. The topological polar surface area (TPSA) is 125 Å². The summed E-state index contributed by atoms with van der Waals surface area (Å²) in [4.78, 5) is 32.6. The summed E-state index contributed by atoms with van der Waals surface area (Å²) in [6, 6.07) is 3.75. The minimum absolute atomic E-state index is 0.0595. The second kappa shape index (κ2) is 7.03. The highest BCUT2D eigenvalue weighted by molar-refractivity contribution is 5.97. The molecule has 0 aliphatic heterocycles. The minimum Gasteiger partial charge on any atom is -0.335 e. The highest BCUT2D eigenvalue weighted by Gasteiger charge is 2.18. The molecule has 0 saturated heterocycles.